The summed E-state index contributed by atoms with van der Waals surface area (Å²) >= 11 is 4.16. The first-order chi connectivity index (χ1) is 3.63. The maximum absolute atomic E-state index is 4.16. The van der Waals surface area contributed by atoms with Crippen molar-refractivity contribution in [3.63, 3.8) is 0 Å². The fourth-order valence-electron chi connectivity index (χ4n) is 0.406. The van der Waals surface area contributed by atoms with E-state index in [0.29, 0.717) is 5.37 Å². The molecule has 0 fully saturated rings. The van der Waals surface area contributed by atoms with Crippen LogP contribution in [0.25, 0.3) is 0 Å². The molecule has 0 aromatic carbocycles. The molecule has 1 nitrogen and oxygen atoms in total. The fraction of sp³-hybridized carbons (Fsp3) is 1.00. The lowest BCUT2D eigenvalue weighted by atomic mass is 10.2. The molecule has 0 aliphatic rings. The highest BCUT2D eigenvalue weighted by molar-refractivity contribution is 7.80. The van der Waals surface area contributed by atoms with E-state index in [1.54, 1.807) is 0 Å². The second-order valence-corrected chi connectivity index (χ2v) is 3.25. The molecule has 0 aromatic rings. The van der Waals surface area contributed by atoms with Crippen LogP contribution in [0.1, 0.15) is 20.8 Å². The molecule has 0 spiro atoms. The van der Waals surface area contributed by atoms with Crippen molar-refractivity contribution in [2.75, 3.05) is 6.54 Å². The predicted octanol–water partition coefficient (Wildman–Crippen LogP) is 1.51. The molecule has 0 saturated carbocycles. The summed E-state index contributed by atoms with van der Waals surface area (Å²) in [4.78, 5) is 0. The SMILES string of the molecule is CC(C)CN[C@H](C)S. The smallest absolute Gasteiger partial charge is 0.0473 e. The highest BCUT2D eigenvalue weighted by atomic mass is 32.1. The Bertz CT molecular complexity index is 44.5. The van der Waals surface area contributed by atoms with Crippen LogP contribution in [0, 0.1) is 5.92 Å². The third-order valence-electron chi connectivity index (χ3n) is 0.822. The van der Waals surface area contributed by atoms with Gasteiger partial charge in [-0.05, 0) is 19.4 Å². The summed E-state index contributed by atoms with van der Waals surface area (Å²) in [5, 5.41) is 3.54. The van der Waals surface area contributed by atoms with Crippen LogP contribution in [0.5, 0.6) is 0 Å². The largest absolute Gasteiger partial charge is 0.306 e. The molecule has 0 aliphatic heterocycles. The Morgan fingerprint density at radius 1 is 1.38 bits per heavy atom. The van der Waals surface area contributed by atoms with Crippen molar-refractivity contribution in [3.05, 3.63) is 0 Å². The molecule has 8 heavy (non-hydrogen) atoms. The van der Waals surface area contributed by atoms with Crippen molar-refractivity contribution < 1.29 is 0 Å². The number of hydrogen-bond acceptors (Lipinski definition) is 2. The summed E-state index contributed by atoms with van der Waals surface area (Å²) in [7, 11) is 0. The first kappa shape index (κ1) is 8.31. The second-order valence-electron chi connectivity index (χ2n) is 2.48. The summed E-state index contributed by atoms with van der Waals surface area (Å²) in [5.41, 5.74) is 0. The van der Waals surface area contributed by atoms with E-state index in [1.807, 2.05) is 6.92 Å². The van der Waals surface area contributed by atoms with Crippen molar-refractivity contribution in [2.45, 2.75) is 26.1 Å². The number of hydrogen-bond donors (Lipinski definition) is 2. The van der Waals surface area contributed by atoms with Crippen molar-refractivity contribution >= 4 is 12.6 Å². The van der Waals surface area contributed by atoms with E-state index < -0.39 is 0 Å². The molecule has 0 aliphatic carbocycles. The van der Waals surface area contributed by atoms with Gasteiger partial charge in [0.05, 0.1) is 0 Å². The summed E-state index contributed by atoms with van der Waals surface area (Å²) in [5.74, 6) is 0.726. The van der Waals surface area contributed by atoms with Crippen LogP contribution in [0.3, 0.4) is 0 Å². The Labute approximate surface area is 57.3 Å². The molecule has 0 radical (unpaired) electrons. The predicted molar refractivity (Wildman–Crippen MR) is 41.3 cm³/mol. The third kappa shape index (κ3) is 6.31. The zero-order valence-electron chi connectivity index (χ0n) is 5.81. The topological polar surface area (TPSA) is 12.0 Å². The molecule has 50 valence electrons. The summed E-state index contributed by atoms with van der Waals surface area (Å²) in [6.45, 7) is 7.46. The zero-order valence-corrected chi connectivity index (χ0v) is 6.70. The van der Waals surface area contributed by atoms with Gasteiger partial charge in [-0.2, -0.15) is 12.6 Å². The van der Waals surface area contributed by atoms with Gasteiger partial charge < -0.3 is 5.32 Å². The standard InChI is InChI=1S/C6H15NS/c1-5(2)4-7-6(3)8/h5-8H,4H2,1-3H3/t6-/m0/s1. The van der Waals surface area contributed by atoms with Crippen LogP contribution in [0.15, 0.2) is 0 Å². The van der Waals surface area contributed by atoms with E-state index in [0.717, 1.165) is 12.5 Å². The normalized spacial score (nSPS) is 14.6. The van der Waals surface area contributed by atoms with Crippen LogP contribution >= 0.6 is 12.6 Å². The minimum Gasteiger partial charge on any atom is -0.306 e. The first-order valence-corrected chi connectivity index (χ1v) is 3.56. The molecule has 0 saturated heterocycles. The van der Waals surface area contributed by atoms with Crippen molar-refractivity contribution in [2.24, 2.45) is 5.92 Å². The van der Waals surface area contributed by atoms with E-state index in [9.17, 15) is 0 Å². The number of nitrogens with one attached hydrogen (secondary N) is 1. The highest BCUT2D eigenvalue weighted by Gasteiger charge is 1.93. The lowest BCUT2D eigenvalue weighted by molar-refractivity contribution is 0.552. The third-order valence-corrected chi connectivity index (χ3v) is 1.00. The van der Waals surface area contributed by atoms with Crippen LogP contribution in [-0.4, -0.2) is 11.9 Å². The van der Waals surface area contributed by atoms with Crippen molar-refractivity contribution in [1.82, 2.24) is 5.32 Å². The van der Waals surface area contributed by atoms with E-state index in [1.165, 1.54) is 0 Å². The Hall–Kier alpha value is 0.310. The molecule has 0 rings (SSSR count). The van der Waals surface area contributed by atoms with Gasteiger partial charge in [0.1, 0.15) is 0 Å². The maximum atomic E-state index is 4.16. The Morgan fingerprint density at radius 2 is 1.88 bits per heavy atom. The molecular weight excluding hydrogens is 118 g/mol. The quantitative estimate of drug-likeness (QED) is 0.439. The van der Waals surface area contributed by atoms with Gasteiger partial charge in [0.25, 0.3) is 0 Å². The van der Waals surface area contributed by atoms with Gasteiger partial charge in [-0.15, -0.1) is 0 Å². The average Bonchev–Trinajstić information content (AvgIpc) is 1.61. The van der Waals surface area contributed by atoms with Crippen molar-refractivity contribution in [1.29, 1.82) is 0 Å². The summed E-state index contributed by atoms with van der Waals surface area (Å²) in [6, 6.07) is 0. The van der Waals surface area contributed by atoms with Crippen LogP contribution < -0.4 is 5.32 Å². The van der Waals surface area contributed by atoms with Gasteiger partial charge in [-0.3, -0.25) is 0 Å². The van der Waals surface area contributed by atoms with Crippen LogP contribution in [0.2, 0.25) is 0 Å². The van der Waals surface area contributed by atoms with Crippen molar-refractivity contribution in [3.8, 4) is 0 Å². The highest BCUT2D eigenvalue weighted by Crippen LogP contribution is 1.91. The molecule has 0 bridgehead atoms. The van der Waals surface area contributed by atoms with E-state index in [2.05, 4.69) is 31.8 Å². The van der Waals surface area contributed by atoms with Gasteiger partial charge in [0.2, 0.25) is 0 Å². The lowest BCUT2D eigenvalue weighted by Crippen LogP contribution is -2.24. The molecule has 0 amide bonds. The van der Waals surface area contributed by atoms with E-state index in [-0.39, 0.29) is 0 Å². The van der Waals surface area contributed by atoms with E-state index >= 15 is 0 Å². The minimum atomic E-state index is 0.331. The van der Waals surface area contributed by atoms with Crippen LogP contribution in [0.4, 0.5) is 0 Å². The summed E-state index contributed by atoms with van der Waals surface area (Å²) in [6.07, 6.45) is 0. The van der Waals surface area contributed by atoms with Gasteiger partial charge in [-0.25, -0.2) is 0 Å². The van der Waals surface area contributed by atoms with Gasteiger partial charge in [-0.1, -0.05) is 13.8 Å². The Balaban J connectivity index is 2.93. The summed E-state index contributed by atoms with van der Waals surface area (Å²) < 4.78 is 0. The fourth-order valence-corrected chi connectivity index (χ4v) is 0.512. The number of thiol groups is 1. The maximum Gasteiger partial charge on any atom is 0.0473 e. The first-order valence-electron chi connectivity index (χ1n) is 3.04. The lowest BCUT2D eigenvalue weighted by Gasteiger charge is -2.08. The second kappa shape index (κ2) is 4.21. The molecule has 0 heterocycles. The molecular formula is C6H15NS. The minimum absolute atomic E-state index is 0.331. The molecule has 0 aromatic heterocycles. The van der Waals surface area contributed by atoms with E-state index in [4.69, 9.17) is 0 Å². The Morgan fingerprint density at radius 3 is 2.00 bits per heavy atom. The Kier molecular flexibility index (Phi) is 4.38. The van der Waals surface area contributed by atoms with Crippen LogP contribution in [-0.2, 0) is 0 Å². The molecule has 1 atom stereocenters. The average molecular weight is 133 g/mol. The number of rotatable bonds is 3. The molecule has 1 N–H and O–H groups in total. The van der Waals surface area contributed by atoms with Gasteiger partial charge >= 0.3 is 0 Å². The molecule has 2 heteroatoms. The van der Waals surface area contributed by atoms with Gasteiger partial charge in [0.15, 0.2) is 0 Å². The zero-order chi connectivity index (χ0) is 6.57. The monoisotopic (exact) mass is 133 g/mol. The molecule has 0 unspecified atom stereocenters. The van der Waals surface area contributed by atoms with Gasteiger partial charge in [0, 0.05) is 5.37 Å².